The fourth-order valence-corrected chi connectivity index (χ4v) is 4.61. The first-order valence-electron chi connectivity index (χ1n) is 11.1. The van der Waals surface area contributed by atoms with Crippen molar-refractivity contribution in [3.05, 3.63) is 0 Å². The molecule has 3 heterocycles. The molecule has 0 aromatic rings. The van der Waals surface area contributed by atoms with E-state index in [9.17, 15) is 0 Å². The first-order chi connectivity index (χ1) is 13.2. The number of nitrogens with zero attached hydrogens (tertiary/aromatic N) is 3. The number of rotatable bonds is 6. The highest BCUT2D eigenvalue weighted by molar-refractivity contribution is 14.0. The molecule has 0 radical (unpaired) electrons. The van der Waals surface area contributed by atoms with Gasteiger partial charge in [-0.3, -0.25) is 4.99 Å². The lowest BCUT2D eigenvalue weighted by Gasteiger charge is -2.37. The summed E-state index contributed by atoms with van der Waals surface area (Å²) in [6.45, 7) is 15.7. The molecule has 1 N–H and O–H groups in total. The largest absolute Gasteiger partial charge is 0.375 e. The number of morpholine rings is 1. The van der Waals surface area contributed by atoms with E-state index in [1.807, 2.05) is 0 Å². The molecule has 6 nitrogen and oxygen atoms in total. The van der Waals surface area contributed by atoms with Gasteiger partial charge in [-0.15, -0.1) is 24.0 Å². The van der Waals surface area contributed by atoms with E-state index in [0.29, 0.717) is 5.92 Å². The predicted octanol–water partition coefficient (Wildman–Crippen LogP) is 2.82. The maximum atomic E-state index is 6.01. The number of likely N-dealkylation sites (tertiary alicyclic amines) is 1. The topological polar surface area (TPSA) is 49.3 Å². The zero-order valence-electron chi connectivity index (χ0n) is 18.1. The van der Waals surface area contributed by atoms with Crippen molar-refractivity contribution in [2.45, 2.75) is 58.7 Å². The monoisotopic (exact) mass is 508 g/mol. The first kappa shape index (κ1) is 24.2. The van der Waals surface area contributed by atoms with Crippen LogP contribution >= 0.6 is 24.0 Å². The van der Waals surface area contributed by atoms with Gasteiger partial charge in [-0.1, -0.05) is 13.8 Å². The van der Waals surface area contributed by atoms with Gasteiger partial charge in [0.1, 0.15) is 6.10 Å². The Kier molecular flexibility index (Phi) is 10.8. The van der Waals surface area contributed by atoms with Crippen LogP contribution in [0.5, 0.6) is 0 Å². The summed E-state index contributed by atoms with van der Waals surface area (Å²) < 4.78 is 11.9. The van der Waals surface area contributed by atoms with Crippen molar-refractivity contribution < 1.29 is 9.47 Å². The number of halogens is 1. The van der Waals surface area contributed by atoms with Crippen LogP contribution in [0.2, 0.25) is 0 Å². The Morgan fingerprint density at radius 3 is 2.61 bits per heavy atom. The van der Waals surface area contributed by atoms with Crippen LogP contribution in [-0.2, 0) is 9.47 Å². The SMILES string of the molecule is CCNC(=NCC1CCCN(CC(C)C)C1)N1CCOC(C2CCCO2)C1.I. The lowest BCUT2D eigenvalue weighted by atomic mass is 9.97. The predicted molar refractivity (Wildman–Crippen MR) is 126 cm³/mol. The molecular weight excluding hydrogens is 467 g/mol. The number of hydrogen-bond donors (Lipinski definition) is 1. The van der Waals surface area contributed by atoms with Gasteiger partial charge in [0.15, 0.2) is 5.96 Å². The summed E-state index contributed by atoms with van der Waals surface area (Å²) in [5, 5.41) is 3.51. The molecule has 28 heavy (non-hydrogen) atoms. The van der Waals surface area contributed by atoms with E-state index >= 15 is 0 Å². The van der Waals surface area contributed by atoms with Crippen molar-refractivity contribution >= 4 is 29.9 Å². The van der Waals surface area contributed by atoms with Crippen LogP contribution in [-0.4, -0.2) is 87.0 Å². The molecule has 0 spiro atoms. The maximum Gasteiger partial charge on any atom is 0.194 e. The molecule has 3 aliphatic heterocycles. The average molecular weight is 508 g/mol. The van der Waals surface area contributed by atoms with Gasteiger partial charge in [0.25, 0.3) is 0 Å². The Balaban J connectivity index is 0.00000280. The number of ether oxygens (including phenoxy) is 2. The molecule has 3 atom stereocenters. The summed E-state index contributed by atoms with van der Waals surface area (Å²) >= 11 is 0. The van der Waals surface area contributed by atoms with E-state index in [2.05, 4.69) is 35.9 Å². The molecule has 3 fully saturated rings. The van der Waals surface area contributed by atoms with E-state index in [0.717, 1.165) is 64.1 Å². The summed E-state index contributed by atoms with van der Waals surface area (Å²) in [5.41, 5.74) is 0. The third-order valence-corrected chi connectivity index (χ3v) is 5.83. The standard InChI is InChI=1S/C21H40N4O2.HI/c1-4-22-21(23-13-18-7-5-9-24(15-18)14-17(2)3)25-10-12-27-20(16-25)19-8-6-11-26-19;/h17-20H,4-16H2,1-3H3,(H,22,23);1H. The molecule has 164 valence electrons. The Hall–Kier alpha value is -0.120. The van der Waals surface area contributed by atoms with Gasteiger partial charge >= 0.3 is 0 Å². The van der Waals surface area contributed by atoms with Gasteiger partial charge in [-0.2, -0.15) is 0 Å². The van der Waals surface area contributed by atoms with Crippen molar-refractivity contribution in [3.63, 3.8) is 0 Å². The second kappa shape index (κ2) is 12.5. The fraction of sp³-hybridized carbons (Fsp3) is 0.952. The summed E-state index contributed by atoms with van der Waals surface area (Å²) in [4.78, 5) is 10.1. The molecule has 0 bridgehead atoms. The second-order valence-corrected chi connectivity index (χ2v) is 8.76. The Morgan fingerprint density at radius 2 is 1.89 bits per heavy atom. The smallest absolute Gasteiger partial charge is 0.194 e. The molecule has 3 rings (SSSR count). The van der Waals surface area contributed by atoms with Crippen LogP contribution in [0.4, 0.5) is 0 Å². The number of piperidine rings is 1. The normalized spacial score (nSPS) is 29.8. The minimum atomic E-state index is 0. The Labute approximate surface area is 188 Å². The highest BCUT2D eigenvalue weighted by atomic mass is 127. The van der Waals surface area contributed by atoms with Crippen LogP contribution in [0.25, 0.3) is 0 Å². The maximum absolute atomic E-state index is 6.01. The van der Waals surface area contributed by atoms with Crippen molar-refractivity contribution in [3.8, 4) is 0 Å². The van der Waals surface area contributed by atoms with Crippen molar-refractivity contribution in [2.24, 2.45) is 16.8 Å². The van der Waals surface area contributed by atoms with Crippen LogP contribution in [0.3, 0.4) is 0 Å². The van der Waals surface area contributed by atoms with Gasteiger partial charge < -0.3 is 24.6 Å². The van der Waals surface area contributed by atoms with E-state index in [-0.39, 0.29) is 36.2 Å². The summed E-state index contributed by atoms with van der Waals surface area (Å²) in [6.07, 6.45) is 5.34. The Bertz CT molecular complexity index is 471. The van der Waals surface area contributed by atoms with Crippen molar-refractivity contribution in [1.29, 1.82) is 0 Å². The molecule has 0 aromatic heterocycles. The second-order valence-electron chi connectivity index (χ2n) is 8.76. The number of hydrogen-bond acceptors (Lipinski definition) is 4. The minimum Gasteiger partial charge on any atom is -0.375 e. The minimum absolute atomic E-state index is 0. The van der Waals surface area contributed by atoms with Crippen LogP contribution < -0.4 is 5.32 Å². The summed E-state index contributed by atoms with van der Waals surface area (Å²) in [6, 6.07) is 0. The molecule has 0 amide bonds. The number of guanidine groups is 1. The third-order valence-electron chi connectivity index (χ3n) is 5.83. The molecule has 0 aliphatic carbocycles. The molecule has 3 unspecified atom stereocenters. The van der Waals surface area contributed by atoms with Crippen LogP contribution in [0.15, 0.2) is 4.99 Å². The average Bonchev–Trinajstić information content (AvgIpc) is 3.20. The Morgan fingerprint density at radius 1 is 1.07 bits per heavy atom. The van der Waals surface area contributed by atoms with E-state index < -0.39 is 0 Å². The first-order valence-corrected chi connectivity index (χ1v) is 11.1. The van der Waals surface area contributed by atoms with Crippen molar-refractivity contribution in [2.75, 3.05) is 59.0 Å². The van der Waals surface area contributed by atoms with Gasteiger partial charge in [-0.25, -0.2) is 0 Å². The third kappa shape index (κ3) is 7.29. The highest BCUT2D eigenvalue weighted by Gasteiger charge is 2.32. The van der Waals surface area contributed by atoms with Gasteiger partial charge in [-0.05, 0) is 51.0 Å². The highest BCUT2D eigenvalue weighted by Crippen LogP contribution is 2.22. The van der Waals surface area contributed by atoms with Gasteiger partial charge in [0.2, 0.25) is 0 Å². The molecule has 3 saturated heterocycles. The number of nitrogens with one attached hydrogen (secondary N) is 1. The summed E-state index contributed by atoms with van der Waals surface area (Å²) in [5.74, 6) is 2.48. The molecule has 0 saturated carbocycles. The molecule has 3 aliphatic rings. The van der Waals surface area contributed by atoms with Crippen LogP contribution in [0, 0.1) is 11.8 Å². The zero-order valence-corrected chi connectivity index (χ0v) is 20.4. The van der Waals surface area contributed by atoms with E-state index in [4.69, 9.17) is 14.5 Å². The molecular formula is C21H41IN4O2. The van der Waals surface area contributed by atoms with E-state index in [1.165, 1.54) is 32.5 Å². The lowest BCUT2D eigenvalue weighted by molar-refractivity contribution is -0.0817. The van der Waals surface area contributed by atoms with Crippen LogP contribution in [0.1, 0.15) is 46.5 Å². The lowest BCUT2D eigenvalue weighted by Crippen LogP contribution is -2.53. The van der Waals surface area contributed by atoms with Gasteiger partial charge in [0, 0.05) is 45.9 Å². The fourth-order valence-electron chi connectivity index (χ4n) is 4.61. The quantitative estimate of drug-likeness (QED) is 0.340. The molecule has 0 aromatic carbocycles. The van der Waals surface area contributed by atoms with Gasteiger partial charge in [0.05, 0.1) is 12.7 Å². The van der Waals surface area contributed by atoms with E-state index in [1.54, 1.807) is 0 Å². The zero-order chi connectivity index (χ0) is 19.1. The van der Waals surface area contributed by atoms with Crippen molar-refractivity contribution in [1.82, 2.24) is 15.1 Å². The number of aliphatic imine (C=N–C) groups is 1. The molecule has 7 heteroatoms. The summed E-state index contributed by atoms with van der Waals surface area (Å²) in [7, 11) is 0.